The van der Waals surface area contributed by atoms with Crippen LogP contribution in [-0.4, -0.2) is 42.4 Å². The van der Waals surface area contributed by atoms with Gasteiger partial charge in [0, 0.05) is 34.4 Å². The van der Waals surface area contributed by atoms with Crippen LogP contribution in [0.5, 0.6) is 0 Å². The summed E-state index contributed by atoms with van der Waals surface area (Å²) >= 11 is 0. The van der Waals surface area contributed by atoms with Crippen molar-refractivity contribution < 1.29 is 17.7 Å². The third kappa shape index (κ3) is 5.98. The largest absolute Gasteiger partial charge is 0.384 e. The summed E-state index contributed by atoms with van der Waals surface area (Å²) in [4.78, 5) is 0.0791. The first-order valence-electron chi connectivity index (χ1n) is 6.38. The average Bonchev–Trinajstić information content (AvgIpc) is 2.42. The summed E-state index contributed by atoms with van der Waals surface area (Å²) < 4.78 is 38.3. The van der Waals surface area contributed by atoms with E-state index in [1.165, 1.54) is 6.07 Å². The maximum atomic E-state index is 12.4. The molecule has 0 aromatic heterocycles. The van der Waals surface area contributed by atoms with E-state index in [1.807, 2.05) is 0 Å². The molecular weight excluding hydrogens is 310 g/mol. The van der Waals surface area contributed by atoms with Gasteiger partial charge in [0.15, 0.2) is 0 Å². The van der Waals surface area contributed by atoms with E-state index >= 15 is 0 Å². The van der Waals surface area contributed by atoms with Crippen molar-refractivity contribution in [3.63, 3.8) is 0 Å². The molecule has 0 saturated carbocycles. The lowest BCUT2D eigenvalue weighted by molar-refractivity contribution is 0.350. The van der Waals surface area contributed by atoms with Crippen LogP contribution < -0.4 is 4.72 Å². The van der Waals surface area contributed by atoms with Gasteiger partial charge in [-0.05, 0) is 25.5 Å². The summed E-state index contributed by atoms with van der Waals surface area (Å²) in [6.07, 6.45) is 2.08. The molecule has 0 aliphatic carbocycles. The Kier molecular flexibility index (Phi) is 7.05. The van der Waals surface area contributed by atoms with Crippen LogP contribution in [0.1, 0.15) is 18.9 Å². The number of nitrogens with one attached hydrogen (secondary N) is 1. The molecule has 0 radical (unpaired) electrons. The van der Waals surface area contributed by atoms with E-state index in [0.29, 0.717) is 17.7 Å². The molecule has 116 valence electrons. The summed E-state index contributed by atoms with van der Waals surface area (Å²) in [5.74, 6) is 5.51. The average molecular weight is 329 g/mol. The fraction of sp³-hybridized carbons (Fsp3) is 0.429. The maximum Gasteiger partial charge on any atom is 0.242 e. The van der Waals surface area contributed by atoms with Crippen molar-refractivity contribution in [2.24, 2.45) is 0 Å². The van der Waals surface area contributed by atoms with E-state index in [1.54, 1.807) is 31.4 Å². The highest BCUT2D eigenvalue weighted by Crippen LogP contribution is 2.15. The van der Waals surface area contributed by atoms with Crippen molar-refractivity contribution >= 4 is 20.8 Å². The zero-order valence-corrected chi connectivity index (χ0v) is 13.6. The van der Waals surface area contributed by atoms with E-state index in [0.717, 1.165) is 0 Å². The van der Waals surface area contributed by atoms with Gasteiger partial charge in [-0.25, -0.2) is 13.1 Å². The van der Waals surface area contributed by atoms with Crippen molar-refractivity contribution in [1.29, 1.82) is 0 Å². The Bertz CT molecular complexity index is 659. The molecule has 0 heterocycles. The highest BCUT2D eigenvalue weighted by molar-refractivity contribution is 7.89. The summed E-state index contributed by atoms with van der Waals surface area (Å²) in [5.41, 5.74) is 0.338. The Morgan fingerprint density at radius 1 is 1.38 bits per heavy atom. The van der Waals surface area contributed by atoms with Crippen LogP contribution in [0, 0.1) is 11.8 Å². The predicted octanol–water partition coefficient (Wildman–Crippen LogP) is 0.466. The molecule has 0 aliphatic rings. The summed E-state index contributed by atoms with van der Waals surface area (Å²) in [7, 11) is -4.65. The quantitative estimate of drug-likeness (QED) is 0.743. The molecule has 2 N–H and O–H groups in total. The number of aliphatic hydroxyl groups is 1. The second-order valence-corrected chi connectivity index (χ2v) is 7.78. The highest BCUT2D eigenvalue weighted by Gasteiger charge is 2.20. The van der Waals surface area contributed by atoms with Gasteiger partial charge in [0.25, 0.3) is 0 Å². The monoisotopic (exact) mass is 329 g/mol. The van der Waals surface area contributed by atoms with E-state index in [4.69, 9.17) is 5.11 Å². The smallest absolute Gasteiger partial charge is 0.242 e. The molecule has 0 saturated heterocycles. The van der Waals surface area contributed by atoms with Gasteiger partial charge in [0.05, 0.1) is 4.90 Å². The number of hydrogen-bond acceptors (Lipinski definition) is 4. The molecule has 0 bridgehead atoms. The van der Waals surface area contributed by atoms with Gasteiger partial charge in [-0.1, -0.05) is 24.0 Å². The minimum atomic E-state index is -3.70. The molecule has 21 heavy (non-hydrogen) atoms. The molecule has 1 aromatic carbocycles. The Hall–Kier alpha value is -1.20. The first-order chi connectivity index (χ1) is 9.86. The fourth-order valence-corrected chi connectivity index (χ4v) is 3.80. The van der Waals surface area contributed by atoms with Gasteiger partial charge >= 0.3 is 0 Å². The standard InChI is InChI=1S/C14H19NO4S2/c1-12(9-11-20(2)17)15-21(18,19)14-8-4-3-6-13(14)7-5-10-16/h3-4,6,8,12,15-16H,9-11H2,1-2H3. The SMILES string of the molecule is CC(CCS(C)=O)NS(=O)(=O)c1ccccc1C#CCO. The molecule has 0 spiro atoms. The number of sulfonamides is 1. The van der Waals surface area contributed by atoms with Crippen molar-refractivity contribution in [2.75, 3.05) is 18.6 Å². The Morgan fingerprint density at radius 3 is 2.67 bits per heavy atom. The Labute approximate surface area is 128 Å². The molecule has 2 atom stereocenters. The lowest BCUT2D eigenvalue weighted by Gasteiger charge is -2.14. The summed E-state index contributed by atoms with van der Waals surface area (Å²) in [6, 6.07) is 6.03. The maximum absolute atomic E-state index is 12.4. The second kappa shape index (κ2) is 8.29. The van der Waals surface area contributed by atoms with Gasteiger partial charge in [-0.15, -0.1) is 0 Å². The lowest BCUT2D eigenvalue weighted by atomic mass is 10.2. The zero-order chi connectivity index (χ0) is 15.9. The number of aliphatic hydroxyl groups excluding tert-OH is 1. The van der Waals surface area contributed by atoms with Gasteiger partial charge in [0.2, 0.25) is 10.0 Å². The van der Waals surface area contributed by atoms with Gasteiger partial charge in [-0.3, -0.25) is 4.21 Å². The first kappa shape index (κ1) is 17.9. The lowest BCUT2D eigenvalue weighted by Crippen LogP contribution is -2.34. The van der Waals surface area contributed by atoms with E-state index in [-0.39, 0.29) is 17.5 Å². The third-order valence-electron chi connectivity index (χ3n) is 2.67. The van der Waals surface area contributed by atoms with Crippen molar-refractivity contribution in [3.05, 3.63) is 29.8 Å². The van der Waals surface area contributed by atoms with Crippen molar-refractivity contribution in [2.45, 2.75) is 24.3 Å². The van der Waals surface area contributed by atoms with E-state index in [9.17, 15) is 12.6 Å². The van der Waals surface area contributed by atoms with E-state index < -0.39 is 20.8 Å². The predicted molar refractivity (Wildman–Crippen MR) is 83.7 cm³/mol. The van der Waals surface area contributed by atoms with Gasteiger partial charge in [-0.2, -0.15) is 0 Å². The molecule has 5 nitrogen and oxygen atoms in total. The van der Waals surface area contributed by atoms with Crippen LogP contribution in [0.15, 0.2) is 29.2 Å². The molecule has 0 amide bonds. The van der Waals surface area contributed by atoms with Crippen molar-refractivity contribution in [1.82, 2.24) is 4.72 Å². The van der Waals surface area contributed by atoms with Crippen molar-refractivity contribution in [3.8, 4) is 11.8 Å². The van der Waals surface area contributed by atoms with Crippen LogP contribution in [0.3, 0.4) is 0 Å². The van der Waals surface area contributed by atoms with Crippen LogP contribution in [-0.2, 0) is 20.8 Å². The van der Waals surface area contributed by atoms with Crippen LogP contribution in [0.2, 0.25) is 0 Å². The molecule has 1 aromatic rings. The number of benzene rings is 1. The fourth-order valence-electron chi connectivity index (χ4n) is 1.67. The van der Waals surface area contributed by atoms with Crippen LogP contribution in [0.4, 0.5) is 0 Å². The topological polar surface area (TPSA) is 83.5 Å². The van der Waals surface area contributed by atoms with Gasteiger partial charge in [0.1, 0.15) is 6.61 Å². The highest BCUT2D eigenvalue weighted by atomic mass is 32.2. The minimum absolute atomic E-state index is 0.0791. The zero-order valence-electron chi connectivity index (χ0n) is 12.0. The number of rotatable bonds is 6. The Morgan fingerprint density at radius 2 is 2.05 bits per heavy atom. The molecule has 7 heteroatoms. The number of hydrogen-bond donors (Lipinski definition) is 2. The van der Waals surface area contributed by atoms with Gasteiger partial charge < -0.3 is 5.11 Å². The first-order valence-corrected chi connectivity index (χ1v) is 9.59. The summed E-state index contributed by atoms with van der Waals surface area (Å²) in [5, 5.41) is 8.72. The molecule has 0 aliphatic heterocycles. The molecule has 1 rings (SSSR count). The molecule has 2 unspecified atom stereocenters. The van der Waals surface area contributed by atoms with Crippen LogP contribution >= 0.6 is 0 Å². The summed E-state index contributed by atoms with van der Waals surface area (Å²) in [6.45, 7) is 1.40. The second-order valence-electron chi connectivity index (χ2n) is 4.54. The van der Waals surface area contributed by atoms with Crippen LogP contribution in [0.25, 0.3) is 0 Å². The normalized spacial score (nSPS) is 14.0. The Balaban J connectivity index is 2.95. The molecular formula is C14H19NO4S2. The third-order valence-corrected chi connectivity index (χ3v) is 5.13. The molecule has 0 fully saturated rings. The minimum Gasteiger partial charge on any atom is -0.384 e. The van der Waals surface area contributed by atoms with E-state index in [2.05, 4.69) is 16.6 Å².